The summed E-state index contributed by atoms with van der Waals surface area (Å²) in [6.45, 7) is 5.00. The van der Waals surface area contributed by atoms with Gasteiger partial charge >= 0.3 is 0 Å². The van der Waals surface area contributed by atoms with Gasteiger partial charge in [-0.1, -0.05) is 32.1 Å². The molecule has 3 nitrogen and oxygen atoms in total. The first-order valence-electron chi connectivity index (χ1n) is 7.79. The molecule has 0 aromatic carbocycles. The topological polar surface area (TPSA) is 47.9 Å². The van der Waals surface area contributed by atoms with Crippen LogP contribution in [0.3, 0.4) is 0 Å². The summed E-state index contributed by atoms with van der Waals surface area (Å²) in [6.07, 6.45) is 7.84. The van der Waals surface area contributed by atoms with Crippen molar-refractivity contribution in [2.75, 3.05) is 6.54 Å². The number of amidine groups is 1. The maximum atomic E-state index is 13.6. The molecule has 0 spiro atoms. The third-order valence-corrected chi connectivity index (χ3v) is 4.63. The van der Waals surface area contributed by atoms with Crippen molar-refractivity contribution in [1.82, 2.24) is 10.6 Å². The molecule has 2 rings (SSSR count). The lowest BCUT2D eigenvalue weighted by Crippen LogP contribution is -2.48. The fourth-order valence-corrected chi connectivity index (χ4v) is 3.51. The Kier molecular flexibility index (Phi) is 5.82. The minimum Gasteiger partial charge on any atom is -0.354 e. The van der Waals surface area contributed by atoms with Crippen LogP contribution >= 0.6 is 11.6 Å². The summed E-state index contributed by atoms with van der Waals surface area (Å²) in [4.78, 5) is 0. The third kappa shape index (κ3) is 4.07. The number of hydrogen-bond donors (Lipinski definition) is 3. The van der Waals surface area contributed by atoms with Gasteiger partial charge in [0, 0.05) is 6.04 Å². The molecule has 0 aromatic rings. The predicted molar refractivity (Wildman–Crippen MR) is 86.6 cm³/mol. The lowest BCUT2D eigenvalue weighted by Gasteiger charge is -2.38. The second-order valence-electron chi connectivity index (χ2n) is 6.05. The summed E-state index contributed by atoms with van der Waals surface area (Å²) in [5, 5.41) is 14.0. The van der Waals surface area contributed by atoms with E-state index in [-0.39, 0.29) is 23.3 Å². The van der Waals surface area contributed by atoms with Gasteiger partial charge in [-0.25, -0.2) is 4.39 Å². The van der Waals surface area contributed by atoms with Crippen molar-refractivity contribution in [2.45, 2.75) is 51.4 Å². The molecule has 0 saturated carbocycles. The molecular formula is C16H25ClFN3. The summed E-state index contributed by atoms with van der Waals surface area (Å²) in [5.74, 6) is 0.364. The van der Waals surface area contributed by atoms with Gasteiger partial charge in [0.2, 0.25) is 0 Å². The SMILES string of the molecule is CCC(NC(=N)Cl)C1=CCCNC1C1C=CC(F)C(C)C1. The molecule has 0 amide bonds. The van der Waals surface area contributed by atoms with Gasteiger partial charge < -0.3 is 10.6 Å². The van der Waals surface area contributed by atoms with Crippen molar-refractivity contribution in [2.24, 2.45) is 11.8 Å². The van der Waals surface area contributed by atoms with Crippen molar-refractivity contribution >= 4 is 16.9 Å². The quantitative estimate of drug-likeness (QED) is 0.322. The van der Waals surface area contributed by atoms with Crippen LogP contribution in [-0.2, 0) is 0 Å². The largest absolute Gasteiger partial charge is 0.354 e. The van der Waals surface area contributed by atoms with E-state index in [0.29, 0.717) is 5.92 Å². The van der Waals surface area contributed by atoms with Gasteiger partial charge in [-0.05, 0) is 54.8 Å². The Labute approximate surface area is 131 Å². The van der Waals surface area contributed by atoms with Gasteiger partial charge in [0.15, 0.2) is 5.29 Å². The highest BCUT2D eigenvalue weighted by molar-refractivity contribution is 6.63. The van der Waals surface area contributed by atoms with Gasteiger partial charge in [0.05, 0.1) is 6.04 Å². The number of hydrogen-bond acceptors (Lipinski definition) is 2. The minimum atomic E-state index is -0.826. The second kappa shape index (κ2) is 7.41. The first-order valence-corrected chi connectivity index (χ1v) is 8.17. The van der Waals surface area contributed by atoms with Crippen LogP contribution < -0.4 is 10.6 Å². The van der Waals surface area contributed by atoms with E-state index >= 15 is 0 Å². The molecule has 1 aliphatic carbocycles. The molecule has 5 heteroatoms. The Balaban J connectivity index is 2.17. The van der Waals surface area contributed by atoms with Crippen LogP contribution in [0.5, 0.6) is 0 Å². The molecule has 5 unspecified atom stereocenters. The second-order valence-corrected chi connectivity index (χ2v) is 6.43. The summed E-state index contributed by atoms with van der Waals surface area (Å²) in [5.41, 5.74) is 1.26. The maximum absolute atomic E-state index is 13.6. The van der Waals surface area contributed by atoms with Crippen LogP contribution in [0.15, 0.2) is 23.8 Å². The zero-order valence-electron chi connectivity index (χ0n) is 12.7. The van der Waals surface area contributed by atoms with Crippen molar-refractivity contribution in [3.8, 4) is 0 Å². The lowest BCUT2D eigenvalue weighted by molar-refractivity contribution is 0.231. The fourth-order valence-electron chi connectivity index (χ4n) is 3.38. The van der Waals surface area contributed by atoms with Crippen molar-refractivity contribution < 1.29 is 4.39 Å². The van der Waals surface area contributed by atoms with E-state index in [4.69, 9.17) is 17.0 Å². The highest BCUT2D eigenvalue weighted by Crippen LogP contribution is 2.32. The van der Waals surface area contributed by atoms with E-state index in [1.807, 2.05) is 13.0 Å². The van der Waals surface area contributed by atoms with Crippen LogP contribution in [0.2, 0.25) is 0 Å². The maximum Gasteiger partial charge on any atom is 0.188 e. The Morgan fingerprint density at radius 2 is 2.33 bits per heavy atom. The zero-order valence-corrected chi connectivity index (χ0v) is 13.5. The molecular weight excluding hydrogens is 289 g/mol. The van der Waals surface area contributed by atoms with Gasteiger partial charge in [0.25, 0.3) is 0 Å². The van der Waals surface area contributed by atoms with Crippen LogP contribution in [0.25, 0.3) is 0 Å². The molecule has 5 atom stereocenters. The number of halogens is 2. The minimum absolute atomic E-state index is 0.0246. The molecule has 0 radical (unpaired) electrons. The Morgan fingerprint density at radius 1 is 1.57 bits per heavy atom. The van der Waals surface area contributed by atoms with E-state index in [0.717, 1.165) is 25.8 Å². The Morgan fingerprint density at radius 3 is 2.95 bits per heavy atom. The number of rotatable bonds is 4. The standard InChI is InChI=1S/C16H25ClFN3/c1-3-14(21-16(17)19)12-5-4-8-20-15(12)11-6-7-13(18)10(2)9-11/h5-7,10-11,13-15,20H,3-4,8-9H2,1-2H3,(H2,19,21). The summed E-state index contributed by atoms with van der Waals surface area (Å²) in [7, 11) is 0. The Hall–Kier alpha value is -0.870. The number of allylic oxidation sites excluding steroid dienone is 1. The van der Waals surface area contributed by atoms with Gasteiger partial charge in [0.1, 0.15) is 6.17 Å². The highest BCUT2D eigenvalue weighted by atomic mass is 35.5. The van der Waals surface area contributed by atoms with Crippen LogP contribution in [0.4, 0.5) is 4.39 Å². The van der Waals surface area contributed by atoms with E-state index in [1.54, 1.807) is 6.08 Å². The van der Waals surface area contributed by atoms with Gasteiger partial charge in [-0.15, -0.1) is 0 Å². The molecule has 1 heterocycles. The van der Waals surface area contributed by atoms with Gasteiger partial charge in [-0.3, -0.25) is 5.41 Å². The third-order valence-electron chi connectivity index (χ3n) is 4.52. The van der Waals surface area contributed by atoms with E-state index in [1.165, 1.54) is 5.57 Å². The summed E-state index contributed by atoms with van der Waals surface area (Å²) >= 11 is 5.71. The molecule has 21 heavy (non-hydrogen) atoms. The van der Waals surface area contributed by atoms with Crippen molar-refractivity contribution in [3.05, 3.63) is 23.8 Å². The smallest absolute Gasteiger partial charge is 0.188 e. The van der Waals surface area contributed by atoms with Gasteiger partial charge in [-0.2, -0.15) is 0 Å². The normalized spacial score (nSPS) is 34.2. The van der Waals surface area contributed by atoms with Crippen molar-refractivity contribution in [3.63, 3.8) is 0 Å². The number of alkyl halides is 1. The summed E-state index contributed by atoms with van der Waals surface area (Å²) < 4.78 is 13.6. The van der Waals surface area contributed by atoms with Crippen LogP contribution in [-0.4, -0.2) is 30.1 Å². The summed E-state index contributed by atoms with van der Waals surface area (Å²) in [6, 6.07) is 0.276. The molecule has 0 fully saturated rings. The average Bonchev–Trinajstić information content (AvgIpc) is 2.47. The molecule has 1 aliphatic heterocycles. The Bertz CT molecular complexity index is 435. The fraction of sp³-hybridized carbons (Fsp3) is 0.688. The van der Waals surface area contributed by atoms with E-state index in [2.05, 4.69) is 23.6 Å². The van der Waals surface area contributed by atoms with Crippen LogP contribution in [0.1, 0.15) is 33.1 Å². The zero-order chi connectivity index (χ0) is 15.4. The molecule has 0 bridgehead atoms. The van der Waals surface area contributed by atoms with E-state index < -0.39 is 6.17 Å². The molecule has 2 aliphatic rings. The lowest BCUT2D eigenvalue weighted by atomic mass is 9.77. The monoisotopic (exact) mass is 313 g/mol. The first-order chi connectivity index (χ1) is 10.0. The highest BCUT2D eigenvalue weighted by Gasteiger charge is 2.33. The predicted octanol–water partition coefficient (Wildman–Crippen LogP) is 3.37. The van der Waals surface area contributed by atoms with Crippen LogP contribution in [0, 0.1) is 17.2 Å². The first kappa shape index (κ1) is 16.5. The van der Waals surface area contributed by atoms with E-state index in [9.17, 15) is 4.39 Å². The molecule has 0 aromatic heterocycles. The molecule has 118 valence electrons. The molecule has 3 N–H and O–H groups in total. The average molecular weight is 314 g/mol. The van der Waals surface area contributed by atoms with Crippen molar-refractivity contribution in [1.29, 1.82) is 5.41 Å². The molecule has 0 saturated heterocycles. The number of nitrogens with one attached hydrogen (secondary N) is 3.